The van der Waals surface area contributed by atoms with Crippen LogP contribution in [0.5, 0.6) is 0 Å². The third-order valence-electron chi connectivity index (χ3n) is 4.75. The summed E-state index contributed by atoms with van der Waals surface area (Å²) < 4.78 is 14.0. The van der Waals surface area contributed by atoms with E-state index in [2.05, 4.69) is 30.1 Å². The molecule has 1 aliphatic rings. The van der Waals surface area contributed by atoms with E-state index in [0.717, 1.165) is 26.2 Å². The van der Waals surface area contributed by atoms with Gasteiger partial charge in [0.2, 0.25) is 11.9 Å². The Balaban J connectivity index is 1.41. The quantitative estimate of drug-likeness (QED) is 0.663. The van der Waals surface area contributed by atoms with Gasteiger partial charge >= 0.3 is 0 Å². The number of hydrogen-bond acceptors (Lipinski definition) is 7. The summed E-state index contributed by atoms with van der Waals surface area (Å²) in [6.07, 6.45) is 0. The van der Waals surface area contributed by atoms with Gasteiger partial charge in [0, 0.05) is 26.2 Å². The molecule has 2 aromatic carbocycles. The summed E-state index contributed by atoms with van der Waals surface area (Å²) in [5.74, 6) is 0.882. The Bertz CT molecular complexity index is 992. The molecule has 0 amide bonds. The monoisotopic (exact) mass is 413 g/mol. The Morgan fingerprint density at radius 3 is 2.45 bits per heavy atom. The molecule has 0 spiro atoms. The molecule has 4 rings (SSSR count). The number of piperazine rings is 1. The normalized spacial score (nSPS) is 14.8. The average molecular weight is 414 g/mol. The second-order valence-corrected chi connectivity index (χ2v) is 7.16. The van der Waals surface area contributed by atoms with Crippen LogP contribution in [0, 0.1) is 5.82 Å². The molecule has 0 aliphatic carbocycles. The lowest BCUT2D eigenvalue weighted by Gasteiger charge is -2.35. The van der Waals surface area contributed by atoms with Crippen LogP contribution >= 0.6 is 11.6 Å². The Morgan fingerprint density at radius 2 is 1.69 bits per heavy atom. The minimum absolute atomic E-state index is 0.148. The van der Waals surface area contributed by atoms with E-state index in [1.807, 2.05) is 30.3 Å². The van der Waals surface area contributed by atoms with Crippen molar-refractivity contribution in [3.05, 3.63) is 65.2 Å². The van der Waals surface area contributed by atoms with Crippen LogP contribution in [-0.2, 0) is 6.54 Å². The van der Waals surface area contributed by atoms with Gasteiger partial charge in [0.05, 0.1) is 22.9 Å². The first-order valence-electron chi connectivity index (χ1n) is 9.32. The third-order valence-corrected chi connectivity index (χ3v) is 5.08. The minimum atomic E-state index is -0.193. The van der Waals surface area contributed by atoms with Crippen LogP contribution in [-0.4, -0.2) is 46.0 Å². The molecule has 1 aromatic heterocycles. The van der Waals surface area contributed by atoms with Gasteiger partial charge in [-0.2, -0.15) is 15.0 Å². The molecule has 0 atom stereocenters. The van der Waals surface area contributed by atoms with Gasteiger partial charge in [0.1, 0.15) is 11.6 Å². The lowest BCUT2D eigenvalue weighted by atomic mass is 10.2. The first kappa shape index (κ1) is 19.4. The summed E-state index contributed by atoms with van der Waals surface area (Å²) in [6.45, 7) is 3.54. The van der Waals surface area contributed by atoms with E-state index in [0.29, 0.717) is 34.7 Å². The van der Waals surface area contributed by atoms with Crippen LogP contribution < -0.4 is 16.0 Å². The molecule has 2 heterocycles. The summed E-state index contributed by atoms with van der Waals surface area (Å²) >= 11 is 6.18. The third kappa shape index (κ3) is 4.72. The number of nitrogens with zero attached hydrogens (tertiary/aromatic N) is 5. The molecule has 150 valence electrons. The average Bonchev–Trinajstić information content (AvgIpc) is 2.70. The predicted molar refractivity (Wildman–Crippen MR) is 113 cm³/mol. The van der Waals surface area contributed by atoms with Crippen LogP contribution in [0.15, 0.2) is 48.5 Å². The zero-order chi connectivity index (χ0) is 20.2. The number of benzene rings is 2. The molecule has 0 radical (unpaired) electrons. The number of nitrogens with one attached hydrogen (secondary N) is 1. The fourth-order valence-corrected chi connectivity index (χ4v) is 3.49. The van der Waals surface area contributed by atoms with Crippen LogP contribution in [0.4, 0.5) is 27.7 Å². The van der Waals surface area contributed by atoms with Gasteiger partial charge < -0.3 is 16.0 Å². The maximum absolute atomic E-state index is 14.0. The molecule has 0 bridgehead atoms. The minimum Gasteiger partial charge on any atom is -0.368 e. The number of para-hydroxylation sites is 2. The van der Waals surface area contributed by atoms with E-state index in [1.54, 1.807) is 12.1 Å². The van der Waals surface area contributed by atoms with Crippen molar-refractivity contribution in [2.75, 3.05) is 42.1 Å². The van der Waals surface area contributed by atoms with Crippen molar-refractivity contribution >= 4 is 34.9 Å². The number of halogens is 2. The number of anilines is 4. The van der Waals surface area contributed by atoms with Gasteiger partial charge in [0.15, 0.2) is 0 Å². The van der Waals surface area contributed by atoms with Gasteiger partial charge in [-0.1, -0.05) is 35.9 Å². The van der Waals surface area contributed by atoms with Crippen molar-refractivity contribution in [1.29, 1.82) is 0 Å². The van der Waals surface area contributed by atoms with Gasteiger partial charge in [-0.05, 0) is 24.3 Å². The summed E-state index contributed by atoms with van der Waals surface area (Å²) in [4.78, 5) is 17.1. The molecule has 1 fully saturated rings. The van der Waals surface area contributed by atoms with Crippen molar-refractivity contribution in [3.63, 3.8) is 0 Å². The Morgan fingerprint density at radius 1 is 0.966 bits per heavy atom. The second kappa shape index (κ2) is 8.59. The molecule has 9 heteroatoms. The molecule has 0 unspecified atom stereocenters. The van der Waals surface area contributed by atoms with Crippen molar-refractivity contribution in [3.8, 4) is 0 Å². The van der Waals surface area contributed by atoms with E-state index in [4.69, 9.17) is 17.3 Å². The maximum atomic E-state index is 14.0. The number of aromatic nitrogens is 3. The van der Waals surface area contributed by atoms with Gasteiger partial charge in [-0.3, -0.25) is 4.90 Å². The highest BCUT2D eigenvalue weighted by Crippen LogP contribution is 2.24. The standard InChI is InChI=1S/C20H21ClFN7/c21-14-5-1-3-7-16(14)24-20-26-18(25-19(23)27-20)13-28-9-11-29(12-10-28)17-8-4-2-6-15(17)22/h1-8H,9-13H2,(H3,23,24,25,26,27). The summed E-state index contributed by atoms with van der Waals surface area (Å²) in [7, 11) is 0. The Kier molecular flexibility index (Phi) is 5.73. The lowest BCUT2D eigenvalue weighted by molar-refractivity contribution is 0.243. The predicted octanol–water partition coefficient (Wildman–Crippen LogP) is 3.31. The highest BCUT2D eigenvalue weighted by molar-refractivity contribution is 6.33. The molecule has 3 aromatic rings. The molecule has 1 aliphatic heterocycles. The van der Waals surface area contributed by atoms with Crippen molar-refractivity contribution < 1.29 is 4.39 Å². The molecule has 0 saturated carbocycles. The van der Waals surface area contributed by atoms with E-state index >= 15 is 0 Å². The van der Waals surface area contributed by atoms with Crippen molar-refractivity contribution in [1.82, 2.24) is 19.9 Å². The number of nitrogens with two attached hydrogens (primary N) is 1. The SMILES string of the molecule is Nc1nc(CN2CCN(c3ccccc3F)CC2)nc(Nc2ccccc2Cl)n1. The molecule has 3 N–H and O–H groups in total. The van der Waals surface area contributed by atoms with Gasteiger partial charge in [-0.15, -0.1) is 0 Å². The van der Waals surface area contributed by atoms with Gasteiger partial charge in [-0.25, -0.2) is 4.39 Å². The summed E-state index contributed by atoms with van der Waals surface area (Å²) in [5, 5.41) is 3.65. The maximum Gasteiger partial charge on any atom is 0.232 e. The first-order valence-corrected chi connectivity index (χ1v) is 9.70. The Labute approximate surface area is 173 Å². The summed E-state index contributed by atoms with van der Waals surface area (Å²) in [5.41, 5.74) is 7.21. The smallest absolute Gasteiger partial charge is 0.232 e. The zero-order valence-corrected chi connectivity index (χ0v) is 16.5. The first-order chi connectivity index (χ1) is 14.1. The van der Waals surface area contributed by atoms with Crippen LogP contribution in [0.1, 0.15) is 5.82 Å². The van der Waals surface area contributed by atoms with Crippen molar-refractivity contribution in [2.45, 2.75) is 6.54 Å². The highest BCUT2D eigenvalue weighted by Gasteiger charge is 2.20. The number of hydrogen-bond donors (Lipinski definition) is 2. The number of rotatable bonds is 5. The topological polar surface area (TPSA) is 83.2 Å². The fourth-order valence-electron chi connectivity index (χ4n) is 3.30. The molecular weight excluding hydrogens is 393 g/mol. The number of nitrogen functional groups attached to an aromatic ring is 1. The van der Waals surface area contributed by atoms with E-state index in [9.17, 15) is 4.39 Å². The van der Waals surface area contributed by atoms with E-state index < -0.39 is 0 Å². The summed E-state index contributed by atoms with van der Waals surface area (Å²) in [6, 6.07) is 14.2. The van der Waals surface area contributed by atoms with Gasteiger partial charge in [0.25, 0.3) is 0 Å². The molecular formula is C20H21ClFN7. The molecule has 7 nitrogen and oxygen atoms in total. The Hall–Kier alpha value is -2.97. The molecule has 29 heavy (non-hydrogen) atoms. The highest BCUT2D eigenvalue weighted by atomic mass is 35.5. The fraction of sp³-hybridized carbons (Fsp3) is 0.250. The molecule has 1 saturated heterocycles. The largest absolute Gasteiger partial charge is 0.368 e. The zero-order valence-electron chi connectivity index (χ0n) is 15.7. The van der Waals surface area contributed by atoms with Crippen LogP contribution in [0.2, 0.25) is 5.02 Å². The second-order valence-electron chi connectivity index (χ2n) is 6.75. The van der Waals surface area contributed by atoms with Crippen molar-refractivity contribution in [2.24, 2.45) is 0 Å². The van der Waals surface area contributed by atoms with Crippen LogP contribution in [0.3, 0.4) is 0 Å². The lowest BCUT2D eigenvalue weighted by Crippen LogP contribution is -2.46. The van der Waals surface area contributed by atoms with Crippen LogP contribution in [0.25, 0.3) is 0 Å². The van der Waals surface area contributed by atoms with E-state index in [-0.39, 0.29) is 11.8 Å². The van der Waals surface area contributed by atoms with E-state index in [1.165, 1.54) is 6.07 Å².